The summed E-state index contributed by atoms with van der Waals surface area (Å²) >= 11 is 0. The van der Waals surface area contributed by atoms with Crippen molar-refractivity contribution in [1.82, 2.24) is 9.97 Å². The summed E-state index contributed by atoms with van der Waals surface area (Å²) in [5.74, 6) is 2.69. The average Bonchev–Trinajstić information content (AvgIpc) is 3.32. The second-order valence-electron chi connectivity index (χ2n) is 4.76. The smallest absolute Gasteiger partial charge is 0.196 e. The molecule has 0 amide bonds. The Morgan fingerprint density at radius 1 is 1.05 bits per heavy atom. The lowest BCUT2D eigenvalue weighted by Gasteiger charge is -2.10. The van der Waals surface area contributed by atoms with Crippen molar-refractivity contribution in [3.8, 4) is 0 Å². The van der Waals surface area contributed by atoms with E-state index in [1.165, 1.54) is 6.07 Å². The van der Waals surface area contributed by atoms with Crippen LogP contribution in [0.25, 0.3) is 0 Å². The van der Waals surface area contributed by atoms with Gasteiger partial charge in [-0.25, -0.2) is 29.0 Å². The number of aromatic nitrogens is 2. The summed E-state index contributed by atoms with van der Waals surface area (Å²) in [6.07, 6.45) is 1.96. The molecule has 3 rings (SSSR count). The van der Waals surface area contributed by atoms with Crippen LogP contribution in [0.5, 0.6) is 0 Å². The average molecular weight is 295 g/mol. The lowest BCUT2D eigenvalue weighted by molar-refractivity contribution is 0.449. The predicted octanol–water partition coefficient (Wildman–Crippen LogP) is 2.80. The molecule has 0 saturated heterocycles. The fourth-order valence-corrected chi connectivity index (χ4v) is 1.89. The number of halogens is 3. The number of hydrogen-bond donors (Lipinski definition) is 3. The van der Waals surface area contributed by atoms with Gasteiger partial charge in [0.1, 0.15) is 17.5 Å². The van der Waals surface area contributed by atoms with Crippen LogP contribution in [0.2, 0.25) is 0 Å². The zero-order chi connectivity index (χ0) is 15.0. The van der Waals surface area contributed by atoms with Crippen LogP contribution < -0.4 is 16.6 Å². The predicted molar refractivity (Wildman–Crippen MR) is 71.4 cm³/mol. The van der Waals surface area contributed by atoms with Crippen molar-refractivity contribution in [2.24, 2.45) is 5.84 Å². The van der Waals surface area contributed by atoms with Crippen molar-refractivity contribution in [3.63, 3.8) is 0 Å². The third-order valence-corrected chi connectivity index (χ3v) is 3.13. The van der Waals surface area contributed by atoms with E-state index in [1.807, 2.05) is 0 Å². The standard InChI is InChI=1S/C13H12F3N5/c14-7-3-4-8(12(16)11(7)15)18-9-5-10(21-17)20-13(19-9)6-1-2-6/h3-6H,1-2,17H2,(H2,18,19,20,21). The molecule has 2 aromatic rings. The highest BCUT2D eigenvalue weighted by molar-refractivity contribution is 5.60. The molecule has 1 aliphatic rings. The molecule has 0 radical (unpaired) electrons. The van der Waals surface area contributed by atoms with Crippen LogP contribution >= 0.6 is 0 Å². The third kappa shape index (κ3) is 2.75. The fourth-order valence-electron chi connectivity index (χ4n) is 1.89. The zero-order valence-corrected chi connectivity index (χ0v) is 10.8. The van der Waals surface area contributed by atoms with Crippen molar-refractivity contribution in [2.75, 3.05) is 10.7 Å². The Hall–Kier alpha value is -2.35. The molecule has 0 bridgehead atoms. The number of benzene rings is 1. The van der Waals surface area contributed by atoms with Gasteiger partial charge >= 0.3 is 0 Å². The Kier molecular flexibility index (Phi) is 3.38. The first-order valence-electron chi connectivity index (χ1n) is 6.34. The molecular formula is C13H12F3N5. The number of hydrazine groups is 1. The minimum absolute atomic E-state index is 0.211. The first-order valence-corrected chi connectivity index (χ1v) is 6.34. The fraction of sp³-hybridized carbons (Fsp3) is 0.231. The molecule has 1 aromatic carbocycles. The molecule has 0 atom stereocenters. The third-order valence-electron chi connectivity index (χ3n) is 3.13. The Bertz CT molecular complexity index is 688. The number of hydrogen-bond acceptors (Lipinski definition) is 5. The van der Waals surface area contributed by atoms with Gasteiger partial charge in [-0.1, -0.05) is 0 Å². The van der Waals surface area contributed by atoms with Crippen LogP contribution in [-0.4, -0.2) is 9.97 Å². The second kappa shape index (κ2) is 5.21. The van der Waals surface area contributed by atoms with Crippen molar-refractivity contribution >= 4 is 17.3 Å². The summed E-state index contributed by atoms with van der Waals surface area (Å²) in [5, 5.41) is 2.61. The Balaban J connectivity index is 1.94. The van der Waals surface area contributed by atoms with Crippen molar-refractivity contribution < 1.29 is 13.2 Å². The molecular weight excluding hydrogens is 283 g/mol. The van der Waals surface area contributed by atoms with Gasteiger partial charge in [0.2, 0.25) is 0 Å². The maximum atomic E-state index is 13.6. The lowest BCUT2D eigenvalue weighted by Crippen LogP contribution is -2.11. The molecule has 1 fully saturated rings. The van der Waals surface area contributed by atoms with E-state index in [4.69, 9.17) is 5.84 Å². The summed E-state index contributed by atoms with van der Waals surface area (Å²) in [5.41, 5.74) is 2.18. The minimum Gasteiger partial charge on any atom is -0.338 e. The SMILES string of the molecule is NNc1cc(Nc2ccc(F)c(F)c2F)nc(C2CC2)n1. The number of rotatable bonds is 4. The molecule has 21 heavy (non-hydrogen) atoms. The summed E-state index contributed by atoms with van der Waals surface area (Å²) in [4.78, 5) is 8.43. The van der Waals surface area contributed by atoms with E-state index in [0.29, 0.717) is 11.6 Å². The molecule has 8 heteroatoms. The normalized spacial score (nSPS) is 14.1. The van der Waals surface area contributed by atoms with Gasteiger partial charge in [0.25, 0.3) is 0 Å². The Morgan fingerprint density at radius 2 is 1.76 bits per heavy atom. The van der Waals surface area contributed by atoms with Gasteiger partial charge in [0.05, 0.1) is 5.69 Å². The molecule has 0 unspecified atom stereocenters. The highest BCUT2D eigenvalue weighted by atomic mass is 19.2. The van der Waals surface area contributed by atoms with Gasteiger partial charge in [-0.2, -0.15) is 0 Å². The summed E-state index contributed by atoms with van der Waals surface area (Å²) < 4.78 is 39.7. The highest BCUT2D eigenvalue weighted by Crippen LogP contribution is 2.39. The van der Waals surface area contributed by atoms with Gasteiger partial charge in [0, 0.05) is 12.0 Å². The van der Waals surface area contributed by atoms with E-state index in [-0.39, 0.29) is 17.4 Å². The molecule has 0 spiro atoms. The first kappa shape index (κ1) is 13.6. The van der Waals surface area contributed by atoms with E-state index >= 15 is 0 Å². The van der Waals surface area contributed by atoms with Crippen molar-refractivity contribution in [2.45, 2.75) is 18.8 Å². The maximum absolute atomic E-state index is 13.6. The van der Waals surface area contributed by atoms with Gasteiger partial charge in [-0.15, -0.1) is 0 Å². The zero-order valence-electron chi connectivity index (χ0n) is 10.8. The number of nitrogens with one attached hydrogen (secondary N) is 2. The quantitative estimate of drug-likeness (QED) is 0.459. The van der Waals surface area contributed by atoms with E-state index in [0.717, 1.165) is 25.0 Å². The number of nitrogens with two attached hydrogens (primary N) is 1. The molecule has 4 N–H and O–H groups in total. The molecule has 1 aliphatic carbocycles. The van der Waals surface area contributed by atoms with E-state index in [9.17, 15) is 13.2 Å². The number of nitrogen functional groups attached to an aromatic ring is 1. The molecule has 110 valence electrons. The molecule has 5 nitrogen and oxygen atoms in total. The van der Waals surface area contributed by atoms with Crippen LogP contribution in [0.1, 0.15) is 24.6 Å². The van der Waals surface area contributed by atoms with Crippen LogP contribution in [0.3, 0.4) is 0 Å². The lowest BCUT2D eigenvalue weighted by atomic mass is 10.2. The molecule has 0 aliphatic heterocycles. The van der Waals surface area contributed by atoms with Crippen molar-refractivity contribution in [1.29, 1.82) is 0 Å². The van der Waals surface area contributed by atoms with E-state index in [2.05, 4.69) is 20.7 Å². The summed E-state index contributed by atoms with van der Waals surface area (Å²) in [6, 6.07) is 3.39. The number of anilines is 3. The topological polar surface area (TPSA) is 75.9 Å². The van der Waals surface area contributed by atoms with Gasteiger partial charge in [-0.3, -0.25) is 0 Å². The maximum Gasteiger partial charge on any atom is 0.196 e. The molecule has 1 saturated carbocycles. The molecule has 1 heterocycles. The Labute approximate surface area is 118 Å². The van der Waals surface area contributed by atoms with E-state index < -0.39 is 17.5 Å². The minimum atomic E-state index is -1.53. The Morgan fingerprint density at radius 3 is 2.43 bits per heavy atom. The van der Waals surface area contributed by atoms with Gasteiger partial charge in [-0.05, 0) is 25.0 Å². The second-order valence-corrected chi connectivity index (χ2v) is 4.76. The highest BCUT2D eigenvalue weighted by Gasteiger charge is 2.27. The molecule has 1 aromatic heterocycles. The van der Waals surface area contributed by atoms with Crippen LogP contribution in [-0.2, 0) is 0 Å². The number of nitrogens with zero attached hydrogens (tertiary/aromatic N) is 2. The monoisotopic (exact) mass is 295 g/mol. The van der Waals surface area contributed by atoms with Crippen LogP contribution in [0.4, 0.5) is 30.5 Å². The largest absolute Gasteiger partial charge is 0.338 e. The van der Waals surface area contributed by atoms with E-state index in [1.54, 1.807) is 0 Å². The first-order chi connectivity index (χ1) is 10.1. The van der Waals surface area contributed by atoms with Crippen LogP contribution in [0.15, 0.2) is 18.2 Å². The summed E-state index contributed by atoms with van der Waals surface area (Å²) in [6.45, 7) is 0. The van der Waals surface area contributed by atoms with Crippen LogP contribution in [0, 0.1) is 17.5 Å². The summed E-state index contributed by atoms with van der Waals surface area (Å²) in [7, 11) is 0. The van der Waals surface area contributed by atoms with Gasteiger partial charge in [0.15, 0.2) is 17.5 Å². The van der Waals surface area contributed by atoms with Crippen molar-refractivity contribution in [3.05, 3.63) is 41.5 Å². The van der Waals surface area contributed by atoms with Gasteiger partial charge < -0.3 is 10.7 Å².